The fourth-order valence-electron chi connectivity index (χ4n) is 1.08. The lowest BCUT2D eigenvalue weighted by Crippen LogP contribution is -2.01. The van der Waals surface area contributed by atoms with Gasteiger partial charge in [0.15, 0.2) is 0 Å². The lowest BCUT2D eigenvalue weighted by molar-refractivity contribution is 0.417. The Morgan fingerprint density at radius 2 is 2.29 bits per heavy atom. The van der Waals surface area contributed by atoms with Gasteiger partial charge in [0.05, 0.1) is 18.6 Å². The Morgan fingerprint density at radius 1 is 1.64 bits per heavy atom. The number of benzene rings is 1. The van der Waals surface area contributed by atoms with Crippen LogP contribution in [0, 0.1) is 0 Å². The van der Waals surface area contributed by atoms with E-state index in [4.69, 9.17) is 15.0 Å². The molecule has 0 aromatic heterocycles. The average Bonchev–Trinajstić information content (AvgIpc) is 2.01. The van der Waals surface area contributed by atoms with E-state index in [1.165, 1.54) is 7.11 Å². The van der Waals surface area contributed by atoms with E-state index in [0.29, 0.717) is 17.0 Å². The molecule has 3 N–H and O–H groups in total. The van der Waals surface area contributed by atoms with Crippen molar-refractivity contribution in [3.63, 3.8) is 0 Å². The molecular weight excluding hydrogens is 222 g/mol. The van der Waals surface area contributed by atoms with Crippen LogP contribution in [0.4, 0.5) is 5.69 Å². The molecule has 1 aromatic rings. The van der Waals surface area contributed by atoms with Gasteiger partial charge in [-0.25, -0.2) is 4.21 Å². The van der Waals surface area contributed by atoms with Crippen molar-refractivity contribution >= 4 is 25.6 Å². The van der Waals surface area contributed by atoms with Crippen LogP contribution in [-0.4, -0.2) is 15.9 Å². The van der Waals surface area contributed by atoms with E-state index in [1.54, 1.807) is 18.2 Å². The third-order valence-electron chi connectivity index (χ3n) is 1.64. The molecule has 78 valence electrons. The highest BCUT2D eigenvalue weighted by molar-refractivity contribution is 8.29. The SMILES string of the molecule is COc1ccc(CS(=O)(O)=S)cc1N. The minimum absolute atomic E-state index is 0.0729. The Hall–Kier alpha value is -0.850. The van der Waals surface area contributed by atoms with Gasteiger partial charge in [0.25, 0.3) is 0 Å². The van der Waals surface area contributed by atoms with Crippen LogP contribution in [0.5, 0.6) is 5.75 Å². The number of nitrogens with two attached hydrogens (primary N) is 1. The third-order valence-corrected chi connectivity index (χ3v) is 2.69. The molecule has 0 saturated heterocycles. The molecular formula is C8H11NO3S2. The highest BCUT2D eigenvalue weighted by Crippen LogP contribution is 2.22. The highest BCUT2D eigenvalue weighted by Gasteiger charge is 2.05. The van der Waals surface area contributed by atoms with Crippen LogP contribution in [0.25, 0.3) is 0 Å². The summed E-state index contributed by atoms with van der Waals surface area (Å²) in [6, 6.07) is 4.89. The molecule has 0 aliphatic heterocycles. The summed E-state index contributed by atoms with van der Waals surface area (Å²) in [5, 5.41) is 0. The normalized spacial score (nSPS) is 14.7. The maximum atomic E-state index is 10.9. The predicted octanol–water partition coefficient (Wildman–Crippen LogP) is 0.997. The zero-order chi connectivity index (χ0) is 10.8. The Kier molecular flexibility index (Phi) is 3.30. The number of nitrogen functional groups attached to an aromatic ring is 1. The summed E-state index contributed by atoms with van der Waals surface area (Å²) in [4.78, 5) is 0. The summed E-state index contributed by atoms with van der Waals surface area (Å²) in [5.74, 6) is 0.471. The monoisotopic (exact) mass is 233 g/mol. The summed E-state index contributed by atoms with van der Waals surface area (Å²) in [6.07, 6.45) is 0. The summed E-state index contributed by atoms with van der Waals surface area (Å²) >= 11 is 4.38. The highest BCUT2D eigenvalue weighted by atomic mass is 32.8. The molecule has 4 nitrogen and oxygen atoms in total. The summed E-state index contributed by atoms with van der Waals surface area (Å²) in [6.45, 7) is 0. The molecule has 0 saturated carbocycles. The van der Waals surface area contributed by atoms with E-state index in [9.17, 15) is 4.21 Å². The zero-order valence-corrected chi connectivity index (χ0v) is 9.23. The first-order valence-electron chi connectivity index (χ1n) is 3.80. The van der Waals surface area contributed by atoms with Crippen molar-refractivity contribution in [1.29, 1.82) is 0 Å². The van der Waals surface area contributed by atoms with Crippen LogP contribution in [0.2, 0.25) is 0 Å². The van der Waals surface area contributed by atoms with Crippen molar-refractivity contribution in [1.82, 2.24) is 0 Å². The summed E-state index contributed by atoms with van der Waals surface area (Å²) < 4.78 is 24.8. The fourth-order valence-corrected chi connectivity index (χ4v) is 2.09. The average molecular weight is 233 g/mol. The molecule has 0 fully saturated rings. The van der Waals surface area contributed by atoms with E-state index in [-0.39, 0.29) is 5.75 Å². The van der Waals surface area contributed by atoms with Crippen molar-refractivity contribution in [2.45, 2.75) is 5.75 Å². The lowest BCUT2D eigenvalue weighted by atomic mass is 10.2. The van der Waals surface area contributed by atoms with Gasteiger partial charge in [-0.2, -0.15) is 0 Å². The fraction of sp³-hybridized carbons (Fsp3) is 0.250. The van der Waals surface area contributed by atoms with E-state index in [1.807, 2.05) is 0 Å². The first-order valence-corrected chi connectivity index (χ1v) is 6.41. The van der Waals surface area contributed by atoms with Gasteiger partial charge < -0.3 is 15.0 Å². The smallest absolute Gasteiger partial charge is 0.145 e. The number of methoxy groups -OCH3 is 1. The molecule has 0 bridgehead atoms. The van der Waals surface area contributed by atoms with Crippen LogP contribution in [0.3, 0.4) is 0 Å². The first kappa shape index (κ1) is 11.2. The number of rotatable bonds is 3. The topological polar surface area (TPSA) is 72.5 Å². The van der Waals surface area contributed by atoms with Crippen molar-refractivity contribution in [2.24, 2.45) is 0 Å². The van der Waals surface area contributed by atoms with Crippen LogP contribution in [0.1, 0.15) is 5.56 Å². The van der Waals surface area contributed by atoms with Crippen LogP contribution < -0.4 is 10.5 Å². The Bertz CT molecular complexity index is 428. The van der Waals surface area contributed by atoms with Gasteiger partial charge in [-0.15, -0.1) is 0 Å². The molecule has 14 heavy (non-hydrogen) atoms. The van der Waals surface area contributed by atoms with Crippen LogP contribution in [-0.2, 0) is 25.7 Å². The van der Waals surface area contributed by atoms with Crippen molar-refractivity contribution in [2.75, 3.05) is 12.8 Å². The number of hydrogen-bond donors (Lipinski definition) is 2. The molecule has 0 aliphatic carbocycles. The minimum atomic E-state index is -3.18. The molecule has 1 atom stereocenters. The van der Waals surface area contributed by atoms with E-state index >= 15 is 0 Å². The van der Waals surface area contributed by atoms with Gasteiger partial charge in [0, 0.05) is 11.2 Å². The van der Waals surface area contributed by atoms with E-state index in [2.05, 4.69) is 11.2 Å². The second-order valence-corrected chi connectivity index (χ2v) is 5.82. The van der Waals surface area contributed by atoms with Crippen LogP contribution >= 0.6 is 0 Å². The summed E-state index contributed by atoms with van der Waals surface area (Å²) in [5.41, 5.74) is 6.68. The van der Waals surface area contributed by atoms with Crippen molar-refractivity contribution < 1.29 is 13.5 Å². The predicted molar refractivity (Wildman–Crippen MR) is 59.2 cm³/mol. The number of hydrogen-bond acceptors (Lipinski definition) is 4. The molecule has 1 unspecified atom stereocenters. The quantitative estimate of drug-likeness (QED) is 0.762. The van der Waals surface area contributed by atoms with Gasteiger partial charge >= 0.3 is 0 Å². The Balaban J connectivity index is 2.98. The molecule has 1 aromatic carbocycles. The van der Waals surface area contributed by atoms with Gasteiger partial charge in [-0.1, -0.05) is 6.07 Å². The number of ether oxygens (including phenoxy) is 1. The number of anilines is 1. The molecule has 0 radical (unpaired) electrons. The second-order valence-electron chi connectivity index (χ2n) is 2.80. The maximum Gasteiger partial charge on any atom is 0.145 e. The second kappa shape index (κ2) is 4.12. The van der Waals surface area contributed by atoms with Gasteiger partial charge in [-0.05, 0) is 17.7 Å². The van der Waals surface area contributed by atoms with E-state index < -0.39 is 8.77 Å². The molecule has 0 aliphatic rings. The molecule has 0 spiro atoms. The standard InChI is InChI=1S/C8H11NO3S2/c1-12-8-3-2-6(4-7(8)9)5-14(10,11)13/h2-4H,5,9H2,1H3,(H,10,11,13). The van der Waals surface area contributed by atoms with Gasteiger partial charge in [-0.3, -0.25) is 0 Å². The maximum absolute atomic E-state index is 10.9. The molecule has 0 heterocycles. The van der Waals surface area contributed by atoms with E-state index in [0.717, 1.165) is 0 Å². The minimum Gasteiger partial charge on any atom is -0.495 e. The first-order chi connectivity index (χ1) is 6.42. The van der Waals surface area contributed by atoms with Crippen molar-refractivity contribution in [3.05, 3.63) is 23.8 Å². The summed E-state index contributed by atoms with van der Waals surface area (Å²) in [7, 11) is -1.67. The molecule has 1 rings (SSSR count). The van der Waals surface area contributed by atoms with Crippen molar-refractivity contribution in [3.8, 4) is 5.75 Å². The Labute approximate surface area is 87.6 Å². The van der Waals surface area contributed by atoms with Gasteiger partial charge in [0.2, 0.25) is 0 Å². The molecule has 0 amide bonds. The Morgan fingerprint density at radius 3 is 2.71 bits per heavy atom. The molecule has 6 heteroatoms. The largest absolute Gasteiger partial charge is 0.495 e. The van der Waals surface area contributed by atoms with Crippen LogP contribution in [0.15, 0.2) is 18.2 Å². The lowest BCUT2D eigenvalue weighted by Gasteiger charge is -2.06. The van der Waals surface area contributed by atoms with Gasteiger partial charge in [0.1, 0.15) is 14.5 Å². The zero-order valence-electron chi connectivity index (χ0n) is 7.60. The third kappa shape index (κ3) is 3.13.